The summed E-state index contributed by atoms with van der Waals surface area (Å²) in [6, 6.07) is 0.358. The summed E-state index contributed by atoms with van der Waals surface area (Å²) in [5, 5.41) is 0. The van der Waals surface area contributed by atoms with Gasteiger partial charge in [0.05, 0.1) is 0 Å². The maximum absolute atomic E-state index is 12.3. The quantitative estimate of drug-likeness (QED) is 0.0473. The molecule has 1 rings (SSSR count). The first kappa shape index (κ1) is 45.7. The molecule has 0 unspecified atom stereocenters. The van der Waals surface area contributed by atoms with Crippen LogP contribution in [-0.4, -0.2) is 96.8 Å². The van der Waals surface area contributed by atoms with Crippen molar-refractivity contribution in [3.8, 4) is 0 Å². The van der Waals surface area contributed by atoms with Gasteiger partial charge < -0.3 is 40.5 Å². The lowest BCUT2D eigenvalue weighted by Gasteiger charge is -2.52. The number of hydrogen-bond acceptors (Lipinski definition) is 13. The topological polar surface area (TPSA) is 151 Å². The molecule has 284 valence electrons. The largest absolute Gasteiger partial charge is 0.484 e. The Bertz CT molecular complexity index is 1150. The van der Waals surface area contributed by atoms with Crippen LogP contribution in [0.4, 0.5) is 0 Å². The standard InChI is InChI=1S/C32H58O13Si5/c1-24(2)28(33)37-20-46(9,10)41-32(42-47(11,12)21-38-29(34)25(3)4)18-17-19-50(43-32,44-48(13,14)22-39-30(35)26(5)6)45-49(15,16)23-40-31(36)27(7)8/h1,3,5,7,17-23H2,2,4,6,8-16H3. The molecule has 0 spiro atoms. The Morgan fingerprint density at radius 1 is 0.560 bits per heavy atom. The van der Waals surface area contributed by atoms with Crippen LogP contribution < -0.4 is 0 Å². The summed E-state index contributed by atoms with van der Waals surface area (Å²) in [4.78, 5) is 49.4. The van der Waals surface area contributed by atoms with Gasteiger partial charge in [0.15, 0.2) is 0 Å². The van der Waals surface area contributed by atoms with Gasteiger partial charge in [-0.2, -0.15) is 0 Å². The number of hydrogen-bond donors (Lipinski definition) is 0. The molecular formula is C32H58O13Si5. The lowest BCUT2D eigenvalue weighted by Crippen LogP contribution is -2.69. The van der Waals surface area contributed by atoms with E-state index < -0.39 is 71.9 Å². The zero-order valence-electron chi connectivity index (χ0n) is 32.1. The Labute approximate surface area is 303 Å². The van der Waals surface area contributed by atoms with E-state index in [0.29, 0.717) is 12.5 Å². The molecule has 1 heterocycles. The van der Waals surface area contributed by atoms with Crippen molar-refractivity contribution in [3.05, 3.63) is 48.6 Å². The first-order valence-corrected chi connectivity index (χ1v) is 30.8. The predicted octanol–water partition coefficient (Wildman–Crippen LogP) is 5.91. The van der Waals surface area contributed by atoms with Crippen LogP contribution in [0.15, 0.2) is 48.6 Å². The molecular weight excluding hydrogens is 733 g/mol. The van der Waals surface area contributed by atoms with E-state index in [2.05, 4.69) is 26.3 Å². The number of carbonyl (C=O) groups is 4. The minimum absolute atomic E-state index is 0.0182. The van der Waals surface area contributed by atoms with Crippen LogP contribution in [-0.2, 0) is 59.6 Å². The molecule has 1 saturated heterocycles. The summed E-state index contributed by atoms with van der Waals surface area (Å²) >= 11 is 0. The Hall–Kier alpha value is -2.28. The highest BCUT2D eigenvalue weighted by Gasteiger charge is 2.60. The van der Waals surface area contributed by atoms with E-state index in [4.69, 9.17) is 40.5 Å². The van der Waals surface area contributed by atoms with E-state index in [9.17, 15) is 19.2 Å². The van der Waals surface area contributed by atoms with Gasteiger partial charge in [0.25, 0.3) is 5.97 Å². The fourth-order valence-corrected chi connectivity index (χ4v) is 19.0. The van der Waals surface area contributed by atoms with Crippen molar-refractivity contribution in [2.75, 3.05) is 24.9 Å². The highest BCUT2D eigenvalue weighted by molar-refractivity contribution is 6.86. The van der Waals surface area contributed by atoms with Crippen molar-refractivity contribution in [2.24, 2.45) is 0 Å². The minimum Gasteiger partial charge on any atom is -0.463 e. The maximum atomic E-state index is 12.3. The second kappa shape index (κ2) is 18.0. The summed E-state index contributed by atoms with van der Waals surface area (Å²) in [6.07, 6.45) is 0.619. The zero-order chi connectivity index (χ0) is 38.9. The lowest BCUT2D eigenvalue weighted by atomic mass is 10.3. The van der Waals surface area contributed by atoms with Gasteiger partial charge in [-0.1, -0.05) is 26.3 Å². The van der Waals surface area contributed by atoms with Crippen LogP contribution in [0.2, 0.25) is 58.4 Å². The molecule has 0 amide bonds. The highest BCUT2D eigenvalue weighted by Crippen LogP contribution is 2.42. The van der Waals surface area contributed by atoms with Crippen molar-refractivity contribution in [1.82, 2.24) is 0 Å². The second-order valence-corrected chi connectivity index (χ2v) is 34.5. The number of ether oxygens (including phenoxy) is 4. The van der Waals surface area contributed by atoms with E-state index in [1.807, 2.05) is 52.4 Å². The summed E-state index contributed by atoms with van der Waals surface area (Å²) in [5.74, 6) is -3.96. The summed E-state index contributed by atoms with van der Waals surface area (Å²) in [7, 11) is -15.6. The third-order valence-corrected chi connectivity index (χ3v) is 20.2. The maximum Gasteiger partial charge on any atom is 0.484 e. The van der Waals surface area contributed by atoms with Crippen LogP contribution in [0.25, 0.3) is 0 Å². The summed E-state index contributed by atoms with van der Waals surface area (Å²) in [5.41, 5.74) is 0.990. The van der Waals surface area contributed by atoms with E-state index in [1.165, 1.54) is 0 Å². The van der Waals surface area contributed by atoms with Gasteiger partial charge in [-0.3, -0.25) is 0 Å². The van der Waals surface area contributed by atoms with Crippen LogP contribution in [0.5, 0.6) is 0 Å². The van der Waals surface area contributed by atoms with Crippen molar-refractivity contribution in [1.29, 1.82) is 0 Å². The Balaban J connectivity index is 3.73. The Morgan fingerprint density at radius 3 is 1.12 bits per heavy atom. The summed E-state index contributed by atoms with van der Waals surface area (Å²) < 4.78 is 56.5. The zero-order valence-corrected chi connectivity index (χ0v) is 37.1. The molecule has 1 aliphatic rings. The average molecular weight is 791 g/mol. The highest BCUT2D eigenvalue weighted by atomic mass is 28.5. The molecule has 0 aromatic carbocycles. The molecule has 0 radical (unpaired) electrons. The van der Waals surface area contributed by atoms with Crippen LogP contribution in [0.3, 0.4) is 0 Å². The average Bonchev–Trinajstić information content (AvgIpc) is 2.94. The van der Waals surface area contributed by atoms with Gasteiger partial charge in [0.1, 0.15) is 24.9 Å². The van der Waals surface area contributed by atoms with Gasteiger partial charge in [-0.15, -0.1) is 0 Å². The van der Waals surface area contributed by atoms with Gasteiger partial charge in [-0.25, -0.2) is 19.2 Å². The van der Waals surface area contributed by atoms with E-state index in [-0.39, 0.29) is 53.6 Å². The molecule has 0 N–H and O–H groups in total. The van der Waals surface area contributed by atoms with E-state index in [1.54, 1.807) is 27.7 Å². The molecule has 1 aliphatic heterocycles. The van der Waals surface area contributed by atoms with Crippen LogP contribution >= 0.6 is 0 Å². The van der Waals surface area contributed by atoms with Gasteiger partial charge >= 0.3 is 32.7 Å². The minimum atomic E-state index is -3.87. The molecule has 0 aromatic heterocycles. The van der Waals surface area contributed by atoms with Crippen LogP contribution in [0.1, 0.15) is 40.5 Å². The third kappa shape index (κ3) is 16.0. The van der Waals surface area contributed by atoms with Crippen molar-refractivity contribution < 1.29 is 59.6 Å². The van der Waals surface area contributed by atoms with Gasteiger partial charge in [0.2, 0.25) is 33.3 Å². The van der Waals surface area contributed by atoms with Crippen molar-refractivity contribution in [3.63, 3.8) is 0 Å². The van der Waals surface area contributed by atoms with E-state index in [0.717, 1.165) is 0 Å². The first-order chi connectivity index (χ1) is 22.6. The predicted molar refractivity (Wildman–Crippen MR) is 201 cm³/mol. The van der Waals surface area contributed by atoms with E-state index >= 15 is 0 Å². The third-order valence-electron chi connectivity index (χ3n) is 6.60. The van der Waals surface area contributed by atoms with Crippen molar-refractivity contribution >= 4 is 66.0 Å². The fraction of sp³-hybridized carbons (Fsp3) is 0.625. The molecule has 13 nitrogen and oxygen atoms in total. The molecule has 0 aliphatic carbocycles. The number of carbonyl (C=O) groups excluding carboxylic acids is 4. The molecule has 50 heavy (non-hydrogen) atoms. The second-order valence-electron chi connectivity index (χ2n) is 15.2. The monoisotopic (exact) mass is 790 g/mol. The molecule has 18 heteroatoms. The number of rotatable bonds is 20. The SMILES string of the molecule is C=C(C)C(=O)OC[Si](C)(C)OC1(O[Si](C)(C)COC(=O)C(=C)C)CCC[Si](O[Si](C)(C)COC(=O)C(=C)C)(O[Si](C)(C)COC(=O)C(=C)C)O1. The fourth-order valence-electron chi connectivity index (χ4n) is 4.44. The van der Waals surface area contributed by atoms with Crippen LogP contribution in [0, 0.1) is 0 Å². The molecule has 0 aromatic rings. The molecule has 0 bridgehead atoms. The van der Waals surface area contributed by atoms with Crippen molar-refractivity contribution in [2.45, 2.75) is 105 Å². The Morgan fingerprint density at radius 2 is 0.840 bits per heavy atom. The molecule has 0 saturated carbocycles. The molecule has 1 fully saturated rings. The van der Waals surface area contributed by atoms with Gasteiger partial charge in [-0.05, 0) is 86.5 Å². The Kier molecular flexibility index (Phi) is 16.4. The normalized spacial score (nSPS) is 16.1. The first-order valence-electron chi connectivity index (χ1n) is 16.4. The summed E-state index contributed by atoms with van der Waals surface area (Å²) in [6.45, 7) is 35.8. The number of esters is 4. The lowest BCUT2D eigenvalue weighted by molar-refractivity contribution is -0.294. The van der Waals surface area contributed by atoms with Gasteiger partial charge in [0, 0.05) is 34.8 Å². The molecule has 0 atom stereocenters. The smallest absolute Gasteiger partial charge is 0.463 e.